The van der Waals surface area contributed by atoms with E-state index in [0.717, 1.165) is 11.5 Å². The Morgan fingerprint density at radius 2 is 1.96 bits per heavy atom. The van der Waals surface area contributed by atoms with Gasteiger partial charge in [-0.15, -0.1) is 10.2 Å². The molecule has 0 unspecified atom stereocenters. The summed E-state index contributed by atoms with van der Waals surface area (Å²) in [6, 6.07) is 5.95. The first-order valence-corrected chi connectivity index (χ1v) is 7.10. The van der Waals surface area contributed by atoms with E-state index in [1.165, 1.54) is 12.5 Å². The molecule has 0 fully saturated rings. The molecule has 24 heavy (non-hydrogen) atoms. The van der Waals surface area contributed by atoms with Crippen LogP contribution in [0.2, 0.25) is 0 Å². The minimum Gasteiger partial charge on any atom is -0.422 e. The summed E-state index contributed by atoms with van der Waals surface area (Å²) in [7, 11) is 1.73. The highest BCUT2D eigenvalue weighted by Gasteiger charge is 2.33. The number of hydrogen-bond donors (Lipinski definition) is 0. The van der Waals surface area contributed by atoms with Crippen LogP contribution >= 0.6 is 0 Å². The lowest BCUT2D eigenvalue weighted by molar-refractivity contribution is -0.136. The molecule has 0 N–H and O–H groups in total. The van der Waals surface area contributed by atoms with Crippen LogP contribution in [0.5, 0.6) is 0 Å². The van der Waals surface area contributed by atoms with Gasteiger partial charge in [-0.1, -0.05) is 12.1 Å². The van der Waals surface area contributed by atoms with Crippen molar-refractivity contribution in [3.63, 3.8) is 0 Å². The van der Waals surface area contributed by atoms with Crippen LogP contribution in [0.4, 0.5) is 13.2 Å². The molecule has 4 rings (SSSR count). The summed E-state index contributed by atoms with van der Waals surface area (Å²) < 4.78 is 47.0. The standard InChI is InChI=1S/C16H11F3N4O/c1-8-5-11(16(17,18)19)10-4-3-9-6-12(15-22-20-7-24-15)23(2)14(9)13(10)21-8/h3-7H,1-2H3. The van der Waals surface area contributed by atoms with E-state index < -0.39 is 11.7 Å². The van der Waals surface area contributed by atoms with Gasteiger partial charge in [-0.2, -0.15) is 13.2 Å². The second-order valence-electron chi connectivity index (χ2n) is 5.54. The Bertz CT molecular complexity index is 1060. The van der Waals surface area contributed by atoms with Crippen LogP contribution in [0.25, 0.3) is 33.4 Å². The number of aromatic nitrogens is 4. The first-order chi connectivity index (χ1) is 11.4. The van der Waals surface area contributed by atoms with Crippen molar-refractivity contribution in [2.24, 2.45) is 7.05 Å². The number of hydrogen-bond acceptors (Lipinski definition) is 4. The van der Waals surface area contributed by atoms with Gasteiger partial charge in [-0.05, 0) is 19.1 Å². The second kappa shape index (κ2) is 4.80. The average molecular weight is 332 g/mol. The van der Waals surface area contributed by atoms with Gasteiger partial charge in [0.25, 0.3) is 5.89 Å². The summed E-state index contributed by atoms with van der Waals surface area (Å²) in [6.07, 6.45) is -3.24. The largest absolute Gasteiger partial charge is 0.422 e. The predicted octanol–water partition coefficient (Wildman–Crippen LogP) is 4.10. The third-order valence-electron chi connectivity index (χ3n) is 3.99. The average Bonchev–Trinajstić information content (AvgIpc) is 3.13. The van der Waals surface area contributed by atoms with Crippen LogP contribution in [-0.4, -0.2) is 19.7 Å². The number of halogens is 3. The fourth-order valence-electron chi connectivity index (χ4n) is 2.98. The number of nitrogens with zero attached hydrogens (tertiary/aromatic N) is 4. The maximum absolute atomic E-state index is 13.4. The molecule has 1 aromatic carbocycles. The molecule has 0 bridgehead atoms. The molecule has 122 valence electrons. The minimum atomic E-state index is -4.44. The number of pyridine rings is 1. The lowest BCUT2D eigenvalue weighted by Gasteiger charge is -2.12. The lowest BCUT2D eigenvalue weighted by atomic mass is 10.1. The van der Waals surface area contributed by atoms with E-state index in [-0.39, 0.29) is 5.39 Å². The quantitative estimate of drug-likeness (QED) is 0.526. The molecule has 0 saturated carbocycles. The highest BCUT2D eigenvalue weighted by Crippen LogP contribution is 2.38. The molecular formula is C16H11F3N4O. The number of rotatable bonds is 1. The maximum Gasteiger partial charge on any atom is 0.417 e. The number of alkyl halides is 3. The van der Waals surface area contributed by atoms with Crippen molar-refractivity contribution in [1.82, 2.24) is 19.7 Å². The normalized spacial score (nSPS) is 12.4. The van der Waals surface area contributed by atoms with Gasteiger partial charge in [0.05, 0.1) is 16.6 Å². The van der Waals surface area contributed by atoms with E-state index in [9.17, 15) is 13.2 Å². The van der Waals surface area contributed by atoms with Gasteiger partial charge < -0.3 is 8.98 Å². The molecule has 3 heterocycles. The van der Waals surface area contributed by atoms with Crippen LogP contribution in [-0.2, 0) is 13.2 Å². The topological polar surface area (TPSA) is 56.7 Å². The highest BCUT2D eigenvalue weighted by molar-refractivity contribution is 6.06. The maximum atomic E-state index is 13.4. The zero-order valence-corrected chi connectivity index (χ0v) is 12.7. The molecule has 4 aromatic rings. The first kappa shape index (κ1) is 14.7. The fraction of sp³-hybridized carbons (Fsp3) is 0.188. The van der Waals surface area contributed by atoms with Gasteiger partial charge in [-0.3, -0.25) is 4.98 Å². The lowest BCUT2D eigenvalue weighted by Crippen LogP contribution is -2.07. The van der Waals surface area contributed by atoms with E-state index in [2.05, 4.69) is 15.2 Å². The number of benzene rings is 1. The Balaban J connectivity index is 2.13. The van der Waals surface area contributed by atoms with Crippen molar-refractivity contribution in [3.8, 4) is 11.6 Å². The first-order valence-electron chi connectivity index (χ1n) is 7.10. The third kappa shape index (κ3) is 2.06. The van der Waals surface area contributed by atoms with Crippen LogP contribution < -0.4 is 0 Å². The number of aryl methyl sites for hydroxylation is 2. The summed E-state index contributed by atoms with van der Waals surface area (Å²) in [5.74, 6) is 0.297. The molecule has 5 nitrogen and oxygen atoms in total. The second-order valence-corrected chi connectivity index (χ2v) is 5.54. The zero-order valence-electron chi connectivity index (χ0n) is 12.7. The van der Waals surface area contributed by atoms with Crippen molar-refractivity contribution < 1.29 is 17.6 Å². The Hall–Kier alpha value is -2.90. The van der Waals surface area contributed by atoms with Crippen molar-refractivity contribution >= 4 is 21.8 Å². The molecule has 0 spiro atoms. The molecule has 8 heteroatoms. The zero-order chi connectivity index (χ0) is 17.1. The van der Waals surface area contributed by atoms with Crippen molar-refractivity contribution in [2.75, 3.05) is 0 Å². The molecule has 0 aliphatic carbocycles. The summed E-state index contributed by atoms with van der Waals surface area (Å²) in [5, 5.41) is 8.32. The van der Waals surface area contributed by atoms with Crippen molar-refractivity contribution in [3.05, 3.63) is 41.9 Å². The van der Waals surface area contributed by atoms with E-state index in [4.69, 9.17) is 4.42 Å². The van der Waals surface area contributed by atoms with Crippen LogP contribution in [0, 0.1) is 6.92 Å². The number of fused-ring (bicyclic) bond motifs is 3. The van der Waals surface area contributed by atoms with E-state index in [1.54, 1.807) is 30.7 Å². The smallest absolute Gasteiger partial charge is 0.417 e. The Labute approximate surface area is 133 Å². The predicted molar refractivity (Wildman–Crippen MR) is 81.3 cm³/mol. The Morgan fingerprint density at radius 3 is 2.62 bits per heavy atom. The summed E-state index contributed by atoms with van der Waals surface area (Å²) >= 11 is 0. The van der Waals surface area contributed by atoms with Crippen molar-refractivity contribution in [1.29, 1.82) is 0 Å². The Morgan fingerprint density at radius 1 is 1.17 bits per heavy atom. The molecular weight excluding hydrogens is 321 g/mol. The Kier molecular flexibility index (Phi) is 2.93. The van der Waals surface area contributed by atoms with E-state index in [0.29, 0.717) is 28.3 Å². The SMILES string of the molecule is Cc1cc(C(F)(F)F)c2ccc3cc(-c4nnco4)n(C)c3c2n1. The molecule has 0 amide bonds. The molecule has 3 aromatic heterocycles. The molecule has 0 aliphatic rings. The van der Waals surface area contributed by atoms with Crippen LogP contribution in [0.15, 0.2) is 35.1 Å². The molecule has 0 aliphatic heterocycles. The van der Waals surface area contributed by atoms with Gasteiger partial charge in [0.15, 0.2) is 0 Å². The van der Waals surface area contributed by atoms with Gasteiger partial charge >= 0.3 is 6.18 Å². The molecule has 0 atom stereocenters. The third-order valence-corrected chi connectivity index (χ3v) is 3.99. The summed E-state index contributed by atoms with van der Waals surface area (Å²) in [4.78, 5) is 4.35. The van der Waals surface area contributed by atoms with E-state index in [1.807, 2.05) is 0 Å². The van der Waals surface area contributed by atoms with Crippen LogP contribution in [0.1, 0.15) is 11.3 Å². The van der Waals surface area contributed by atoms with Gasteiger partial charge in [0.2, 0.25) is 6.39 Å². The summed E-state index contributed by atoms with van der Waals surface area (Å²) in [6.45, 7) is 1.55. The van der Waals surface area contributed by atoms with Crippen LogP contribution in [0.3, 0.4) is 0 Å². The molecule has 0 saturated heterocycles. The van der Waals surface area contributed by atoms with E-state index >= 15 is 0 Å². The van der Waals surface area contributed by atoms with Gasteiger partial charge in [0.1, 0.15) is 5.69 Å². The minimum absolute atomic E-state index is 0.0684. The van der Waals surface area contributed by atoms with Gasteiger partial charge in [0, 0.05) is 23.5 Å². The van der Waals surface area contributed by atoms with Gasteiger partial charge in [-0.25, -0.2) is 0 Å². The monoisotopic (exact) mass is 332 g/mol. The summed E-state index contributed by atoms with van der Waals surface area (Å²) in [5.41, 5.74) is 1.13. The van der Waals surface area contributed by atoms with Crippen molar-refractivity contribution in [2.45, 2.75) is 13.1 Å². The molecule has 0 radical (unpaired) electrons. The fourth-order valence-corrected chi connectivity index (χ4v) is 2.98. The highest BCUT2D eigenvalue weighted by atomic mass is 19.4.